The number of benzene rings is 1. The van der Waals surface area contributed by atoms with Crippen molar-refractivity contribution in [1.82, 2.24) is 4.90 Å². The maximum Gasteiger partial charge on any atom is 0.320 e. The lowest BCUT2D eigenvalue weighted by Crippen LogP contribution is -2.34. The van der Waals surface area contributed by atoms with Gasteiger partial charge in [0, 0.05) is 6.04 Å². The van der Waals surface area contributed by atoms with Crippen molar-refractivity contribution in [2.45, 2.75) is 24.9 Å². The fourth-order valence-electron chi connectivity index (χ4n) is 2.31. The zero-order valence-corrected chi connectivity index (χ0v) is 8.76. The minimum atomic E-state index is -0.712. The van der Waals surface area contributed by atoms with E-state index in [4.69, 9.17) is 5.11 Å². The van der Waals surface area contributed by atoms with E-state index in [2.05, 4.69) is 12.1 Å². The third-order valence-corrected chi connectivity index (χ3v) is 3.17. The highest BCUT2D eigenvalue weighted by molar-refractivity contribution is 5.73. The van der Waals surface area contributed by atoms with Gasteiger partial charge < -0.3 is 5.11 Å². The van der Waals surface area contributed by atoms with E-state index in [1.165, 1.54) is 5.56 Å². The fourth-order valence-corrected chi connectivity index (χ4v) is 2.31. The predicted octanol–water partition coefficient (Wildman–Crippen LogP) is 1.91. The third-order valence-electron chi connectivity index (χ3n) is 3.17. The first-order valence-corrected chi connectivity index (χ1v) is 5.20. The van der Waals surface area contributed by atoms with Crippen molar-refractivity contribution in [2.75, 3.05) is 7.05 Å². The minimum Gasteiger partial charge on any atom is -0.480 e. The molecule has 80 valence electrons. The van der Waals surface area contributed by atoms with E-state index in [0.717, 1.165) is 12.8 Å². The van der Waals surface area contributed by atoms with E-state index in [9.17, 15) is 4.79 Å². The standard InChI is InChI=1S/C12H15NO2/c1-13-10(7-8-11(13)12(14)15)9-5-3-2-4-6-9/h2-6,10-11H,7-8H2,1H3,(H,14,15)/t10-,11+/m0/s1. The van der Waals surface area contributed by atoms with Crippen molar-refractivity contribution in [1.29, 1.82) is 0 Å². The lowest BCUT2D eigenvalue weighted by atomic mass is 10.1. The summed E-state index contributed by atoms with van der Waals surface area (Å²) in [5.74, 6) is -0.712. The van der Waals surface area contributed by atoms with E-state index in [1.54, 1.807) is 0 Å². The molecule has 0 bridgehead atoms. The number of likely N-dealkylation sites (N-methyl/N-ethyl adjacent to an activating group) is 1. The Bertz CT molecular complexity index is 350. The van der Waals surface area contributed by atoms with E-state index >= 15 is 0 Å². The van der Waals surface area contributed by atoms with Crippen LogP contribution in [0.2, 0.25) is 0 Å². The van der Waals surface area contributed by atoms with Gasteiger partial charge in [-0.1, -0.05) is 30.3 Å². The van der Waals surface area contributed by atoms with Crippen molar-refractivity contribution in [3.05, 3.63) is 35.9 Å². The maximum atomic E-state index is 10.9. The Morgan fingerprint density at radius 3 is 2.53 bits per heavy atom. The summed E-state index contributed by atoms with van der Waals surface area (Å²) in [7, 11) is 1.89. The molecule has 1 fully saturated rings. The Labute approximate surface area is 89.3 Å². The van der Waals surface area contributed by atoms with Gasteiger partial charge in [0.2, 0.25) is 0 Å². The van der Waals surface area contributed by atoms with Gasteiger partial charge in [-0.25, -0.2) is 0 Å². The summed E-state index contributed by atoms with van der Waals surface area (Å²) in [6.07, 6.45) is 1.67. The number of hydrogen-bond acceptors (Lipinski definition) is 2. The van der Waals surface area contributed by atoms with Gasteiger partial charge >= 0.3 is 5.97 Å². The first-order valence-electron chi connectivity index (χ1n) is 5.20. The molecular formula is C12H15NO2. The Kier molecular flexibility index (Phi) is 2.73. The molecule has 15 heavy (non-hydrogen) atoms. The molecule has 1 aliphatic rings. The molecular weight excluding hydrogens is 190 g/mol. The monoisotopic (exact) mass is 205 g/mol. The Hall–Kier alpha value is -1.35. The van der Waals surface area contributed by atoms with E-state index in [1.807, 2.05) is 30.1 Å². The SMILES string of the molecule is CN1[C@@H](C(=O)O)CC[C@H]1c1ccccc1. The van der Waals surface area contributed by atoms with Crippen molar-refractivity contribution in [2.24, 2.45) is 0 Å². The molecule has 0 aromatic heterocycles. The average Bonchev–Trinajstić information content (AvgIpc) is 2.61. The molecule has 0 radical (unpaired) electrons. The number of carboxylic acids is 1. The fraction of sp³-hybridized carbons (Fsp3) is 0.417. The highest BCUT2D eigenvalue weighted by atomic mass is 16.4. The Balaban J connectivity index is 2.17. The van der Waals surface area contributed by atoms with Crippen LogP contribution >= 0.6 is 0 Å². The molecule has 3 heteroatoms. The van der Waals surface area contributed by atoms with Crippen LogP contribution in [0, 0.1) is 0 Å². The summed E-state index contributed by atoms with van der Waals surface area (Å²) >= 11 is 0. The van der Waals surface area contributed by atoms with Gasteiger partial charge in [-0.3, -0.25) is 9.69 Å². The van der Waals surface area contributed by atoms with Crippen LogP contribution in [-0.2, 0) is 4.79 Å². The summed E-state index contributed by atoms with van der Waals surface area (Å²) < 4.78 is 0. The smallest absolute Gasteiger partial charge is 0.320 e. The zero-order chi connectivity index (χ0) is 10.8. The summed E-state index contributed by atoms with van der Waals surface area (Å²) in [5, 5.41) is 9.01. The van der Waals surface area contributed by atoms with Crippen LogP contribution < -0.4 is 0 Å². The van der Waals surface area contributed by atoms with Crippen LogP contribution in [0.15, 0.2) is 30.3 Å². The van der Waals surface area contributed by atoms with Crippen molar-refractivity contribution in [3.63, 3.8) is 0 Å². The normalized spacial score (nSPS) is 26.7. The molecule has 1 N–H and O–H groups in total. The molecule has 2 atom stereocenters. The number of rotatable bonds is 2. The van der Waals surface area contributed by atoms with E-state index < -0.39 is 5.97 Å². The van der Waals surface area contributed by atoms with Crippen LogP contribution in [0.3, 0.4) is 0 Å². The molecule has 1 aromatic rings. The van der Waals surface area contributed by atoms with Gasteiger partial charge in [-0.05, 0) is 25.5 Å². The summed E-state index contributed by atoms with van der Waals surface area (Å²) in [5.41, 5.74) is 1.21. The van der Waals surface area contributed by atoms with Crippen molar-refractivity contribution >= 4 is 5.97 Å². The highest BCUT2D eigenvalue weighted by Crippen LogP contribution is 2.34. The van der Waals surface area contributed by atoms with E-state index in [0.29, 0.717) is 0 Å². The lowest BCUT2D eigenvalue weighted by Gasteiger charge is -2.23. The van der Waals surface area contributed by atoms with Gasteiger partial charge in [0.05, 0.1) is 0 Å². The largest absolute Gasteiger partial charge is 0.480 e. The van der Waals surface area contributed by atoms with Crippen LogP contribution in [0.5, 0.6) is 0 Å². The molecule has 0 spiro atoms. The first-order chi connectivity index (χ1) is 7.20. The Morgan fingerprint density at radius 2 is 2.00 bits per heavy atom. The van der Waals surface area contributed by atoms with Gasteiger partial charge in [0.1, 0.15) is 6.04 Å². The second kappa shape index (κ2) is 4.03. The maximum absolute atomic E-state index is 10.9. The van der Waals surface area contributed by atoms with Gasteiger partial charge in [-0.15, -0.1) is 0 Å². The first kappa shape index (κ1) is 10.2. The Morgan fingerprint density at radius 1 is 1.33 bits per heavy atom. The molecule has 0 amide bonds. The second-order valence-corrected chi connectivity index (χ2v) is 4.02. The molecule has 1 heterocycles. The number of carboxylic acid groups (broad SMARTS) is 1. The number of aliphatic carboxylic acids is 1. The molecule has 2 rings (SSSR count). The third kappa shape index (κ3) is 1.88. The number of nitrogens with zero attached hydrogens (tertiary/aromatic N) is 1. The number of carbonyl (C=O) groups is 1. The molecule has 0 unspecified atom stereocenters. The summed E-state index contributed by atoms with van der Waals surface area (Å²) in [4.78, 5) is 12.9. The zero-order valence-electron chi connectivity index (χ0n) is 8.76. The van der Waals surface area contributed by atoms with Crippen LogP contribution in [0.4, 0.5) is 0 Å². The minimum absolute atomic E-state index is 0.257. The highest BCUT2D eigenvalue weighted by Gasteiger charge is 2.35. The second-order valence-electron chi connectivity index (χ2n) is 4.02. The molecule has 1 saturated heterocycles. The van der Waals surface area contributed by atoms with Crippen molar-refractivity contribution < 1.29 is 9.90 Å². The predicted molar refractivity (Wildman–Crippen MR) is 57.6 cm³/mol. The van der Waals surface area contributed by atoms with Crippen LogP contribution in [0.25, 0.3) is 0 Å². The molecule has 3 nitrogen and oxygen atoms in total. The molecule has 0 saturated carbocycles. The van der Waals surface area contributed by atoms with E-state index in [-0.39, 0.29) is 12.1 Å². The average molecular weight is 205 g/mol. The van der Waals surface area contributed by atoms with Crippen molar-refractivity contribution in [3.8, 4) is 0 Å². The summed E-state index contributed by atoms with van der Waals surface area (Å²) in [6, 6.07) is 10.0. The quantitative estimate of drug-likeness (QED) is 0.801. The van der Waals surface area contributed by atoms with Gasteiger partial charge in [0.25, 0.3) is 0 Å². The van der Waals surface area contributed by atoms with Gasteiger partial charge in [0.15, 0.2) is 0 Å². The van der Waals surface area contributed by atoms with Gasteiger partial charge in [-0.2, -0.15) is 0 Å². The lowest BCUT2D eigenvalue weighted by molar-refractivity contribution is -0.142. The number of likely N-dealkylation sites (tertiary alicyclic amines) is 1. The molecule has 1 aromatic carbocycles. The van der Waals surface area contributed by atoms with Crippen LogP contribution in [-0.4, -0.2) is 29.1 Å². The van der Waals surface area contributed by atoms with Crippen LogP contribution in [0.1, 0.15) is 24.4 Å². The molecule has 0 aliphatic carbocycles. The topological polar surface area (TPSA) is 40.5 Å². The summed E-state index contributed by atoms with van der Waals surface area (Å²) in [6.45, 7) is 0. The molecule has 1 aliphatic heterocycles. The number of hydrogen-bond donors (Lipinski definition) is 1.